The largest absolute Gasteiger partial charge is 0.378 e. The van der Waals surface area contributed by atoms with Gasteiger partial charge >= 0.3 is 0 Å². The summed E-state index contributed by atoms with van der Waals surface area (Å²) in [5, 5.41) is 35.6. The van der Waals surface area contributed by atoms with Gasteiger partial charge in [0.1, 0.15) is 18.0 Å². The summed E-state index contributed by atoms with van der Waals surface area (Å²) in [6.45, 7) is 11.7. The maximum atomic E-state index is 13.3. The van der Waals surface area contributed by atoms with E-state index in [1.807, 2.05) is 53.4 Å². The van der Waals surface area contributed by atoms with Crippen LogP contribution < -0.4 is 63.8 Å². The van der Waals surface area contributed by atoms with Crippen molar-refractivity contribution in [3.63, 3.8) is 0 Å². The maximum absolute atomic E-state index is 13.3. The number of anilines is 6. The Morgan fingerprint density at radius 3 is 1.27 bits per heavy atom. The highest BCUT2D eigenvalue weighted by Gasteiger charge is 2.33. The number of imidazole rings is 2. The van der Waals surface area contributed by atoms with E-state index in [0.717, 1.165) is 34.5 Å². The Kier molecular flexibility index (Phi) is 40.3. The molecule has 4 aromatic heterocycles. The maximum Gasteiger partial charge on any atom is 0.291 e. The minimum atomic E-state index is -0.635. The SMILES string of the molecule is CC(=O)N1c2ccc(-c3ccc(C(=O)NCCOCCOCCOCCOCCOCCOCCOCCOCCNC(=O)c4cc(NC(=O)c5nc(NC(=O)CCNC(=O)c6cc(NC(=O)c7nc(NC(=O)CCNC(=O)COCCOCCOCCNC(=N)N)cn7C)cn6C)cn5C)cn4C)cc3)cc2[C@H](Nc2ccc(Cl)cc2)C[C@@H]1C. The van der Waals surface area contributed by atoms with Crippen LogP contribution in [0.4, 0.5) is 34.4 Å². The quantitative estimate of drug-likeness (QED) is 0.0146. The van der Waals surface area contributed by atoms with E-state index >= 15 is 0 Å². The van der Waals surface area contributed by atoms with Gasteiger partial charge in [0.05, 0.1) is 156 Å². The first kappa shape index (κ1) is 94.3. The molecule has 0 bridgehead atoms. The summed E-state index contributed by atoms with van der Waals surface area (Å²) in [5.41, 5.74) is 11.5. The van der Waals surface area contributed by atoms with Gasteiger partial charge in [0, 0.05) is 133 Å². The first-order valence-electron chi connectivity index (χ1n) is 39.2. The number of carbonyl (C=O) groups excluding carboxylic acids is 9. The fourth-order valence-corrected chi connectivity index (χ4v) is 12.2. The minimum Gasteiger partial charge on any atom is -0.378 e. The number of ether oxygens (including phenoxy) is 11. The lowest BCUT2D eigenvalue weighted by Gasteiger charge is -2.39. The van der Waals surface area contributed by atoms with Crippen LogP contribution in [-0.4, -0.2) is 271 Å². The van der Waals surface area contributed by atoms with Crippen LogP contribution in [0.5, 0.6) is 0 Å². The summed E-state index contributed by atoms with van der Waals surface area (Å²) < 4.78 is 66.5. The van der Waals surface area contributed by atoms with Gasteiger partial charge in [-0.25, -0.2) is 9.97 Å². The second-order valence-corrected chi connectivity index (χ2v) is 27.7. The lowest BCUT2D eigenvalue weighted by molar-refractivity contribution is -0.126. The third-order valence-corrected chi connectivity index (χ3v) is 18.1. The predicted molar refractivity (Wildman–Crippen MR) is 446 cm³/mol. The molecule has 120 heavy (non-hydrogen) atoms. The molecule has 0 spiro atoms. The van der Waals surface area contributed by atoms with Crippen molar-refractivity contribution < 1.29 is 95.3 Å². The van der Waals surface area contributed by atoms with E-state index in [-0.39, 0.29) is 129 Å². The van der Waals surface area contributed by atoms with E-state index in [1.165, 1.54) is 44.4 Å². The number of carbonyl (C=O) groups is 9. The van der Waals surface area contributed by atoms with Gasteiger partial charge in [-0.1, -0.05) is 29.8 Å². The molecule has 9 amide bonds. The summed E-state index contributed by atoms with van der Waals surface area (Å²) in [6.07, 6.45) is 6.45. The molecule has 40 heteroatoms. The number of benzene rings is 3. The molecule has 0 saturated carbocycles. The molecule has 8 rings (SSSR count). The van der Waals surface area contributed by atoms with Gasteiger partial charge in [-0.15, -0.1) is 0 Å². The second kappa shape index (κ2) is 51.3. The van der Waals surface area contributed by atoms with Gasteiger partial charge in [-0.05, 0) is 90.7 Å². The van der Waals surface area contributed by atoms with Crippen LogP contribution >= 0.6 is 11.6 Å². The number of amides is 9. The lowest BCUT2D eigenvalue weighted by atomic mass is 9.88. The molecule has 1 aliphatic rings. The summed E-state index contributed by atoms with van der Waals surface area (Å²) >= 11 is 6.14. The zero-order valence-electron chi connectivity index (χ0n) is 68.4. The number of fused-ring (bicyclic) bond motifs is 1. The number of nitrogens with zero attached hydrogens (tertiary/aromatic N) is 7. The Bertz CT molecular complexity index is 4460. The van der Waals surface area contributed by atoms with Crippen LogP contribution in [0.2, 0.25) is 5.02 Å². The Morgan fingerprint density at radius 1 is 0.433 bits per heavy atom. The molecule has 5 heterocycles. The Balaban J connectivity index is 0.566. The average molecular weight is 1690 g/mol. The van der Waals surface area contributed by atoms with Crippen molar-refractivity contribution in [3.05, 3.63) is 143 Å². The first-order chi connectivity index (χ1) is 58.0. The molecule has 39 nitrogen and oxygen atoms in total. The third kappa shape index (κ3) is 32.8. The second-order valence-electron chi connectivity index (χ2n) is 27.2. The number of aryl methyl sites for hydroxylation is 4. The topological polar surface area (TPSA) is 474 Å². The predicted octanol–water partition coefficient (Wildman–Crippen LogP) is 3.98. The Morgan fingerprint density at radius 2 is 0.833 bits per heavy atom. The zero-order valence-corrected chi connectivity index (χ0v) is 69.2. The first-order valence-corrected chi connectivity index (χ1v) is 39.6. The molecule has 2 atom stereocenters. The number of hydrogen-bond acceptors (Lipinski definition) is 24. The highest BCUT2D eigenvalue weighted by Crippen LogP contribution is 2.41. The van der Waals surface area contributed by atoms with Crippen molar-refractivity contribution in [3.8, 4) is 11.1 Å². The smallest absolute Gasteiger partial charge is 0.291 e. The summed E-state index contributed by atoms with van der Waals surface area (Å²) in [7, 11) is 6.38. The lowest BCUT2D eigenvalue weighted by Crippen LogP contribution is -2.43. The number of nitrogens with two attached hydrogens (primary N) is 1. The zero-order chi connectivity index (χ0) is 86.0. The molecule has 7 aromatic rings. The molecule has 3 aromatic carbocycles. The van der Waals surface area contributed by atoms with E-state index < -0.39 is 41.4 Å². The molecular weight excluding hydrogens is 1580 g/mol. The number of guanidine groups is 1. The molecule has 0 unspecified atom stereocenters. The molecule has 0 fully saturated rings. The normalized spacial score (nSPS) is 12.9. The van der Waals surface area contributed by atoms with Crippen molar-refractivity contribution >= 4 is 105 Å². The van der Waals surface area contributed by atoms with Crippen molar-refractivity contribution in [1.82, 2.24) is 54.8 Å². The van der Waals surface area contributed by atoms with Gasteiger partial charge in [0.15, 0.2) is 17.6 Å². The molecule has 0 aliphatic carbocycles. The molecule has 13 N–H and O–H groups in total. The van der Waals surface area contributed by atoms with Crippen molar-refractivity contribution in [1.29, 1.82) is 5.41 Å². The molecule has 1 aliphatic heterocycles. The van der Waals surface area contributed by atoms with Crippen LogP contribution in [0.1, 0.15) is 97.3 Å². The number of rotatable bonds is 56. The standard InChI is InChI=1S/C80H110ClN19O20/c1-54-45-64(89-60-14-12-59(81)13-15-60)63-46-58(11-16-65(63)100(54)55(2)101)56-7-9-57(10-8-56)75(105)86-21-24-110-27-30-113-33-35-115-37-39-117-41-42-118-40-38-116-36-34-114-31-28-111-25-22-87-77(107)67-48-62(50-97(67)4)91-79(109)74-95-69(52-99(74)6)93-71(103)18-20-85-76(106)66-47-61(49-96(66)3)90-78(108)73-94-68(51-98(73)5)92-70(102)17-19-84-72(104)53-120-44-43-119-32-29-112-26-23-88-80(82)83/h7-16,46-52,54,64,89H,17-45,53H2,1-6H3,(H,84,104)(H,85,106)(H,86,105)(H,87,107)(H,90,108)(H,91,109)(H,92,102)(H,93,103)(H4,82,83,88)/t54-,64+/m0/s1. The molecule has 0 radical (unpaired) electrons. The Labute approximate surface area is 700 Å². The van der Waals surface area contributed by atoms with E-state index in [9.17, 15) is 43.2 Å². The number of nitrogens with one attached hydrogen (secondary N) is 11. The van der Waals surface area contributed by atoms with E-state index in [2.05, 4.69) is 76.1 Å². The van der Waals surface area contributed by atoms with Gasteiger partial charge in [0.25, 0.3) is 29.5 Å². The monoisotopic (exact) mass is 1690 g/mol. The van der Waals surface area contributed by atoms with Gasteiger partial charge in [-0.2, -0.15) is 0 Å². The van der Waals surface area contributed by atoms with Crippen LogP contribution in [0.15, 0.2) is 104 Å². The van der Waals surface area contributed by atoms with Gasteiger partial charge in [0.2, 0.25) is 35.3 Å². The van der Waals surface area contributed by atoms with Crippen LogP contribution in [0.3, 0.4) is 0 Å². The van der Waals surface area contributed by atoms with E-state index in [1.54, 1.807) is 58.0 Å². The fraction of sp³-hybridized carbons (Fsp3) is 0.475. The van der Waals surface area contributed by atoms with Crippen molar-refractivity contribution in [2.24, 2.45) is 33.9 Å². The Hall–Kier alpha value is -11.2. The van der Waals surface area contributed by atoms with Crippen LogP contribution in [0.25, 0.3) is 11.1 Å². The molecular formula is C80H110ClN19O20. The summed E-state index contributed by atoms with van der Waals surface area (Å²) in [5.74, 6) is -3.82. The highest BCUT2D eigenvalue weighted by atomic mass is 35.5. The fourth-order valence-electron chi connectivity index (χ4n) is 12.1. The van der Waals surface area contributed by atoms with Crippen LogP contribution in [0, 0.1) is 5.41 Å². The van der Waals surface area contributed by atoms with E-state index in [4.69, 9.17) is 74.8 Å². The summed E-state index contributed by atoms with van der Waals surface area (Å²) in [4.78, 5) is 126. The highest BCUT2D eigenvalue weighted by molar-refractivity contribution is 6.30. The molecule has 0 saturated heterocycles. The van der Waals surface area contributed by atoms with Crippen molar-refractivity contribution in [2.75, 3.05) is 210 Å². The summed E-state index contributed by atoms with van der Waals surface area (Å²) in [6, 6.07) is 24.1. The van der Waals surface area contributed by atoms with Crippen LogP contribution in [-0.2, 0) is 99.5 Å². The minimum absolute atomic E-state index is 0.00684. The van der Waals surface area contributed by atoms with Gasteiger partial charge in [-0.3, -0.25) is 48.6 Å². The van der Waals surface area contributed by atoms with Gasteiger partial charge < -0.3 is 134 Å². The number of halogens is 1. The van der Waals surface area contributed by atoms with Crippen molar-refractivity contribution in [2.45, 2.75) is 45.2 Å². The van der Waals surface area contributed by atoms with E-state index in [0.29, 0.717) is 148 Å². The third-order valence-electron chi connectivity index (χ3n) is 17.9. The number of aromatic nitrogens is 6. The number of hydrogen-bond donors (Lipinski definition) is 12. The molecule has 652 valence electrons. The average Bonchev–Trinajstić information content (AvgIpc) is 1.12.